The molecule has 0 bridgehead atoms. The van der Waals surface area contributed by atoms with E-state index in [4.69, 9.17) is 4.74 Å². The van der Waals surface area contributed by atoms with E-state index in [0.29, 0.717) is 0 Å². The van der Waals surface area contributed by atoms with Crippen molar-refractivity contribution in [3.63, 3.8) is 0 Å². The molecule has 0 aliphatic carbocycles. The summed E-state index contributed by atoms with van der Waals surface area (Å²) in [6.45, 7) is 3.27. The van der Waals surface area contributed by atoms with E-state index in [-0.39, 0.29) is 5.37 Å². The number of morpholine rings is 1. The van der Waals surface area contributed by atoms with Crippen LogP contribution in [0, 0.1) is 0 Å². The number of hydrogen-bond acceptors (Lipinski definition) is 4. The van der Waals surface area contributed by atoms with Crippen LogP contribution in [0.4, 0.5) is 0 Å². The summed E-state index contributed by atoms with van der Waals surface area (Å²) in [5.41, 5.74) is 0. The highest BCUT2D eigenvalue weighted by Gasteiger charge is 2.18. The van der Waals surface area contributed by atoms with Gasteiger partial charge in [-0.25, -0.2) is 0 Å². The van der Waals surface area contributed by atoms with E-state index in [1.807, 2.05) is 6.26 Å². The van der Waals surface area contributed by atoms with Crippen molar-refractivity contribution in [1.29, 1.82) is 0 Å². The van der Waals surface area contributed by atoms with Gasteiger partial charge in [0.1, 0.15) is 11.7 Å². The van der Waals surface area contributed by atoms with Crippen molar-refractivity contribution in [1.82, 2.24) is 4.90 Å². The average molecular weight is 175 g/mol. The van der Waals surface area contributed by atoms with Crippen molar-refractivity contribution in [3.8, 4) is 0 Å². The smallest absolute Gasteiger partial charge is 0.147 e. The number of carbonyl (C=O) groups is 1. The van der Waals surface area contributed by atoms with Gasteiger partial charge in [0.15, 0.2) is 0 Å². The number of nitrogens with zero attached hydrogens (tertiary/aromatic N) is 1. The summed E-state index contributed by atoms with van der Waals surface area (Å²) in [6.07, 6.45) is 2.95. The summed E-state index contributed by atoms with van der Waals surface area (Å²) in [6, 6.07) is 0. The molecule has 64 valence electrons. The zero-order chi connectivity index (χ0) is 8.10. The molecule has 0 spiro atoms. The van der Waals surface area contributed by atoms with Crippen molar-refractivity contribution in [2.24, 2.45) is 0 Å². The minimum Gasteiger partial charge on any atom is -0.379 e. The second kappa shape index (κ2) is 4.74. The van der Waals surface area contributed by atoms with Gasteiger partial charge >= 0.3 is 0 Å². The van der Waals surface area contributed by atoms with Crippen LogP contribution in [0.3, 0.4) is 0 Å². The number of thioether (sulfide) groups is 1. The summed E-state index contributed by atoms with van der Waals surface area (Å²) in [4.78, 5) is 12.7. The molecule has 1 rings (SSSR count). The summed E-state index contributed by atoms with van der Waals surface area (Å²) < 4.78 is 5.17. The lowest BCUT2D eigenvalue weighted by molar-refractivity contribution is -0.111. The van der Waals surface area contributed by atoms with Crippen LogP contribution in [0.2, 0.25) is 0 Å². The number of hydrogen-bond donors (Lipinski definition) is 0. The van der Waals surface area contributed by atoms with Gasteiger partial charge in [-0.3, -0.25) is 4.90 Å². The third-order valence-corrected chi connectivity index (χ3v) is 2.66. The first-order valence-electron chi connectivity index (χ1n) is 3.68. The quantitative estimate of drug-likeness (QED) is 0.573. The van der Waals surface area contributed by atoms with E-state index in [9.17, 15) is 4.79 Å². The molecule has 0 aromatic carbocycles. The van der Waals surface area contributed by atoms with E-state index < -0.39 is 0 Å². The summed E-state index contributed by atoms with van der Waals surface area (Å²) in [7, 11) is 0. The predicted molar refractivity (Wildman–Crippen MR) is 45.8 cm³/mol. The van der Waals surface area contributed by atoms with Crippen molar-refractivity contribution in [2.75, 3.05) is 32.6 Å². The molecule has 1 atom stereocenters. The van der Waals surface area contributed by atoms with E-state index >= 15 is 0 Å². The predicted octanol–water partition coefficient (Wildman–Crippen LogP) is 0.207. The lowest BCUT2D eigenvalue weighted by Gasteiger charge is -2.29. The molecule has 3 nitrogen and oxygen atoms in total. The maximum absolute atomic E-state index is 10.5. The molecule has 0 aromatic heterocycles. The maximum atomic E-state index is 10.5. The van der Waals surface area contributed by atoms with Crippen LogP contribution in [-0.2, 0) is 9.53 Å². The van der Waals surface area contributed by atoms with Gasteiger partial charge in [-0.15, -0.1) is 11.8 Å². The molecule has 1 aliphatic heterocycles. The number of carbonyl (C=O) groups excluding carboxylic acids is 1. The van der Waals surface area contributed by atoms with Crippen LogP contribution >= 0.6 is 11.8 Å². The molecule has 0 N–H and O–H groups in total. The number of rotatable bonds is 3. The van der Waals surface area contributed by atoms with Crippen molar-refractivity contribution in [2.45, 2.75) is 5.37 Å². The van der Waals surface area contributed by atoms with Gasteiger partial charge in [0.05, 0.1) is 13.2 Å². The molecule has 0 saturated carbocycles. The van der Waals surface area contributed by atoms with Crippen LogP contribution in [0.25, 0.3) is 0 Å². The third kappa shape index (κ3) is 2.47. The zero-order valence-corrected chi connectivity index (χ0v) is 7.47. The van der Waals surface area contributed by atoms with Crippen LogP contribution in [0.5, 0.6) is 0 Å². The molecule has 1 heterocycles. The molecule has 0 radical (unpaired) electrons. The van der Waals surface area contributed by atoms with Crippen LogP contribution in [0.15, 0.2) is 0 Å². The minimum absolute atomic E-state index is 0.0268. The van der Waals surface area contributed by atoms with E-state index in [1.165, 1.54) is 0 Å². The zero-order valence-electron chi connectivity index (χ0n) is 6.66. The Labute approximate surface area is 71.1 Å². The van der Waals surface area contributed by atoms with Crippen molar-refractivity contribution >= 4 is 18.0 Å². The van der Waals surface area contributed by atoms with E-state index in [0.717, 1.165) is 32.6 Å². The summed E-state index contributed by atoms with van der Waals surface area (Å²) >= 11 is 1.58. The second-order valence-corrected chi connectivity index (χ2v) is 3.37. The lowest BCUT2D eigenvalue weighted by atomic mass is 10.4. The molecule has 1 aliphatic rings. The van der Waals surface area contributed by atoms with Gasteiger partial charge in [-0.1, -0.05) is 0 Å². The molecule has 1 fully saturated rings. The Morgan fingerprint density at radius 2 is 2.18 bits per heavy atom. The van der Waals surface area contributed by atoms with Crippen LogP contribution in [-0.4, -0.2) is 49.1 Å². The maximum Gasteiger partial charge on any atom is 0.147 e. The molecule has 11 heavy (non-hydrogen) atoms. The van der Waals surface area contributed by atoms with E-state index in [2.05, 4.69) is 4.90 Å². The summed E-state index contributed by atoms with van der Waals surface area (Å²) in [5.74, 6) is 0. The van der Waals surface area contributed by atoms with Gasteiger partial charge in [0, 0.05) is 13.1 Å². The van der Waals surface area contributed by atoms with Gasteiger partial charge in [0.2, 0.25) is 0 Å². The Bertz CT molecular complexity index is 126. The normalized spacial score (nSPS) is 23.0. The Balaban J connectivity index is 2.35. The SMILES string of the molecule is CSC(C=O)N1CCOCC1. The van der Waals surface area contributed by atoms with Gasteiger partial charge in [-0.05, 0) is 6.26 Å². The number of aldehydes is 1. The van der Waals surface area contributed by atoms with Crippen molar-refractivity contribution in [3.05, 3.63) is 0 Å². The molecule has 0 aromatic rings. The second-order valence-electron chi connectivity index (χ2n) is 2.41. The first-order chi connectivity index (χ1) is 5.38. The fourth-order valence-electron chi connectivity index (χ4n) is 1.12. The molecule has 1 unspecified atom stereocenters. The van der Waals surface area contributed by atoms with Crippen molar-refractivity contribution < 1.29 is 9.53 Å². The highest BCUT2D eigenvalue weighted by Crippen LogP contribution is 2.11. The Kier molecular flexibility index (Phi) is 3.90. The van der Waals surface area contributed by atoms with Gasteiger partial charge < -0.3 is 9.53 Å². The Morgan fingerprint density at radius 3 is 2.64 bits per heavy atom. The average Bonchev–Trinajstić information content (AvgIpc) is 2.09. The molecular weight excluding hydrogens is 162 g/mol. The Hall–Kier alpha value is -0.0600. The third-order valence-electron chi connectivity index (χ3n) is 1.76. The Morgan fingerprint density at radius 1 is 1.55 bits per heavy atom. The lowest BCUT2D eigenvalue weighted by Crippen LogP contribution is -2.42. The molecule has 0 amide bonds. The van der Waals surface area contributed by atoms with E-state index in [1.54, 1.807) is 11.8 Å². The molecule has 1 saturated heterocycles. The minimum atomic E-state index is 0.0268. The topological polar surface area (TPSA) is 29.5 Å². The monoisotopic (exact) mass is 175 g/mol. The first kappa shape index (κ1) is 9.03. The molecular formula is C7H13NO2S. The molecule has 4 heteroatoms. The highest BCUT2D eigenvalue weighted by atomic mass is 32.2. The fraction of sp³-hybridized carbons (Fsp3) is 0.857. The largest absolute Gasteiger partial charge is 0.379 e. The highest BCUT2D eigenvalue weighted by molar-refractivity contribution is 7.99. The number of ether oxygens (including phenoxy) is 1. The van der Waals surface area contributed by atoms with Crippen LogP contribution < -0.4 is 0 Å². The standard InChI is InChI=1S/C7H13NO2S/c1-11-7(6-9)8-2-4-10-5-3-8/h6-7H,2-5H2,1H3. The van der Waals surface area contributed by atoms with Crippen LogP contribution in [0.1, 0.15) is 0 Å². The fourth-order valence-corrected chi connectivity index (χ4v) is 1.74. The van der Waals surface area contributed by atoms with Gasteiger partial charge in [0.25, 0.3) is 0 Å². The summed E-state index contributed by atoms with van der Waals surface area (Å²) in [5, 5.41) is 0.0268. The first-order valence-corrected chi connectivity index (χ1v) is 4.97. The van der Waals surface area contributed by atoms with Gasteiger partial charge in [-0.2, -0.15) is 0 Å².